The van der Waals surface area contributed by atoms with E-state index in [0.717, 1.165) is 5.37 Å². The normalized spacial score (nSPS) is 7.50. The summed E-state index contributed by atoms with van der Waals surface area (Å²) in [6, 6.07) is 0. The fourth-order valence-corrected chi connectivity index (χ4v) is 0.463. The number of rotatable bonds is 1. The Balaban J connectivity index is 3.78. The molecular formula is C2H3ClO2S. The van der Waals surface area contributed by atoms with Crippen molar-refractivity contribution in [1.82, 2.24) is 0 Å². The molecule has 0 heterocycles. The zero-order valence-corrected chi connectivity index (χ0v) is 4.46. The summed E-state index contributed by atoms with van der Waals surface area (Å²) >= 11 is 4.95. The van der Waals surface area contributed by atoms with E-state index < -0.39 is 10.3 Å². The highest BCUT2D eigenvalue weighted by Gasteiger charge is 1.63. The van der Waals surface area contributed by atoms with Crippen LogP contribution >= 0.6 is 11.6 Å². The largest absolute Gasteiger partial charge is 0.211 e. The fourth-order valence-electron chi connectivity index (χ4n) is 0.0514. The van der Waals surface area contributed by atoms with Crippen molar-refractivity contribution in [2.24, 2.45) is 0 Å². The predicted molar refractivity (Wildman–Crippen MR) is 25.7 cm³/mol. The zero-order chi connectivity index (χ0) is 4.99. The van der Waals surface area contributed by atoms with Crippen LogP contribution in [-0.4, -0.2) is 19.7 Å². The molecule has 0 radical (unpaired) electrons. The van der Waals surface area contributed by atoms with Gasteiger partial charge in [-0.25, -0.2) is 0 Å². The summed E-state index contributed by atoms with van der Waals surface area (Å²) in [5.74, 6) is 0.0656. The lowest BCUT2D eigenvalue weighted by Crippen LogP contribution is -1.71. The van der Waals surface area contributed by atoms with E-state index >= 15 is 0 Å². The Bertz CT molecular complexity index is 126. The number of hydrogen-bond donors (Lipinski definition) is 0. The van der Waals surface area contributed by atoms with Crippen molar-refractivity contribution >= 4 is 27.3 Å². The third kappa shape index (κ3) is 3.98. The van der Waals surface area contributed by atoms with Gasteiger partial charge in [-0.2, -0.15) is 8.42 Å². The van der Waals surface area contributed by atoms with E-state index in [-0.39, 0.29) is 5.88 Å². The molecule has 0 aromatic heterocycles. The minimum absolute atomic E-state index is 0.0656. The Morgan fingerprint density at radius 3 is 2.17 bits per heavy atom. The van der Waals surface area contributed by atoms with E-state index in [4.69, 9.17) is 11.6 Å². The summed E-state index contributed by atoms with van der Waals surface area (Å²) in [6.07, 6.45) is 0. The minimum atomic E-state index is -2.07. The molecule has 0 amide bonds. The lowest BCUT2D eigenvalue weighted by atomic mass is 11.0. The van der Waals surface area contributed by atoms with Gasteiger partial charge in [-0.1, -0.05) is 0 Å². The van der Waals surface area contributed by atoms with Gasteiger partial charge in [-0.3, -0.25) is 0 Å². The average molecular weight is 127 g/mol. The van der Waals surface area contributed by atoms with Crippen LogP contribution in [0.1, 0.15) is 0 Å². The van der Waals surface area contributed by atoms with Crippen molar-refractivity contribution in [2.45, 2.75) is 0 Å². The second kappa shape index (κ2) is 3.18. The minimum Gasteiger partial charge on any atom is -0.185 e. The van der Waals surface area contributed by atoms with Gasteiger partial charge in [0, 0.05) is 0 Å². The van der Waals surface area contributed by atoms with E-state index in [9.17, 15) is 8.42 Å². The quantitative estimate of drug-likeness (QED) is 0.364. The molecule has 0 atom stereocenters. The summed E-state index contributed by atoms with van der Waals surface area (Å²) in [5.41, 5.74) is 0. The zero-order valence-electron chi connectivity index (χ0n) is 2.89. The van der Waals surface area contributed by atoms with Crippen LogP contribution in [0.25, 0.3) is 0 Å². The van der Waals surface area contributed by atoms with Gasteiger partial charge in [-0.05, 0) is 0 Å². The van der Waals surface area contributed by atoms with Gasteiger partial charge >= 0.3 is 0 Å². The van der Waals surface area contributed by atoms with Crippen molar-refractivity contribution in [3.8, 4) is 0 Å². The van der Waals surface area contributed by atoms with Gasteiger partial charge in [0.05, 0.1) is 11.2 Å². The van der Waals surface area contributed by atoms with Gasteiger partial charge in [0.1, 0.15) is 0 Å². The molecule has 0 bridgehead atoms. The summed E-state index contributed by atoms with van der Waals surface area (Å²) in [5, 5.41) is 0.974. The molecule has 0 rings (SSSR count). The van der Waals surface area contributed by atoms with Gasteiger partial charge in [0.25, 0.3) is 0 Å². The van der Waals surface area contributed by atoms with Gasteiger partial charge in [-0.15, -0.1) is 11.6 Å². The predicted octanol–water partition coefficient (Wildman–Crippen LogP) is -0.0935. The fraction of sp³-hybridized carbons (Fsp3) is 0.500. The molecular weight excluding hydrogens is 124 g/mol. The average Bonchev–Trinajstić information content (AvgIpc) is 1.35. The van der Waals surface area contributed by atoms with Gasteiger partial charge in [0.2, 0.25) is 10.3 Å². The molecule has 0 fully saturated rings. The lowest BCUT2D eigenvalue weighted by Gasteiger charge is -1.55. The van der Waals surface area contributed by atoms with E-state index in [0.29, 0.717) is 0 Å². The molecule has 0 aromatic carbocycles. The Labute approximate surface area is 42.3 Å². The van der Waals surface area contributed by atoms with Gasteiger partial charge < -0.3 is 0 Å². The van der Waals surface area contributed by atoms with Crippen molar-refractivity contribution in [3.63, 3.8) is 0 Å². The molecule has 0 aliphatic rings. The third-order valence-electron chi connectivity index (χ3n) is 0.199. The van der Waals surface area contributed by atoms with Crippen LogP contribution in [0.3, 0.4) is 0 Å². The van der Waals surface area contributed by atoms with Crippen LogP contribution < -0.4 is 0 Å². The molecule has 0 aliphatic heterocycles. The maximum Gasteiger partial charge on any atom is 0.211 e. The summed E-state index contributed by atoms with van der Waals surface area (Å²) in [7, 11) is -2.07. The van der Waals surface area contributed by atoms with Crippen LogP contribution in [0.5, 0.6) is 0 Å². The van der Waals surface area contributed by atoms with Crippen LogP contribution in [0.15, 0.2) is 0 Å². The van der Waals surface area contributed by atoms with E-state index in [2.05, 4.69) is 0 Å². The van der Waals surface area contributed by atoms with Gasteiger partial charge in [0.15, 0.2) is 0 Å². The summed E-state index contributed by atoms with van der Waals surface area (Å²) < 4.78 is 18.9. The Morgan fingerprint density at radius 1 is 1.67 bits per heavy atom. The molecule has 4 heteroatoms. The number of halogens is 1. The molecule has 0 unspecified atom stereocenters. The summed E-state index contributed by atoms with van der Waals surface area (Å²) in [6.45, 7) is 0. The van der Waals surface area contributed by atoms with E-state index in [1.54, 1.807) is 0 Å². The second-order valence-electron chi connectivity index (χ2n) is 0.581. The smallest absolute Gasteiger partial charge is 0.185 e. The molecule has 6 heavy (non-hydrogen) atoms. The Hall–Kier alpha value is -0.0200. The first-order valence-electron chi connectivity index (χ1n) is 1.24. The van der Waals surface area contributed by atoms with Crippen molar-refractivity contribution < 1.29 is 8.42 Å². The molecule has 2 nitrogen and oxygen atoms in total. The summed E-state index contributed by atoms with van der Waals surface area (Å²) in [4.78, 5) is 0. The third-order valence-corrected chi connectivity index (χ3v) is 0.975. The monoisotopic (exact) mass is 126 g/mol. The van der Waals surface area contributed by atoms with E-state index in [1.165, 1.54) is 0 Å². The maximum absolute atomic E-state index is 9.46. The van der Waals surface area contributed by atoms with Crippen LogP contribution in [0, 0.1) is 0 Å². The lowest BCUT2D eigenvalue weighted by molar-refractivity contribution is 0.627. The molecule has 0 N–H and O–H groups in total. The highest BCUT2D eigenvalue weighted by atomic mass is 35.5. The highest BCUT2D eigenvalue weighted by Crippen LogP contribution is 1.60. The molecule has 0 spiro atoms. The van der Waals surface area contributed by atoms with Crippen molar-refractivity contribution in [1.29, 1.82) is 0 Å². The molecule has 0 aliphatic carbocycles. The maximum atomic E-state index is 9.46. The molecule has 0 saturated heterocycles. The van der Waals surface area contributed by atoms with Crippen LogP contribution in [0.2, 0.25) is 0 Å². The Kier molecular flexibility index (Phi) is 3.17. The Morgan fingerprint density at radius 2 is 2.17 bits per heavy atom. The standard InChI is InChI=1S/C2H3ClO2S/c3-1-2-6(4)5/h2H,1H2. The molecule has 0 aromatic rings. The van der Waals surface area contributed by atoms with Crippen molar-refractivity contribution in [2.75, 3.05) is 5.88 Å². The second-order valence-corrected chi connectivity index (χ2v) is 1.74. The SMILES string of the molecule is O=S(=O)=CCCl. The van der Waals surface area contributed by atoms with Crippen LogP contribution in [-0.2, 0) is 10.3 Å². The van der Waals surface area contributed by atoms with Crippen molar-refractivity contribution in [3.05, 3.63) is 0 Å². The number of alkyl halides is 1. The van der Waals surface area contributed by atoms with E-state index in [1.807, 2.05) is 0 Å². The van der Waals surface area contributed by atoms with Crippen LogP contribution in [0.4, 0.5) is 0 Å². The first-order chi connectivity index (χ1) is 2.77. The molecule has 0 saturated carbocycles. The highest BCUT2D eigenvalue weighted by molar-refractivity contribution is 7.71. The first-order valence-corrected chi connectivity index (χ1v) is 2.92. The first kappa shape index (κ1) is 5.98. The number of hydrogen-bond acceptors (Lipinski definition) is 2. The topological polar surface area (TPSA) is 34.1 Å². The molecule has 36 valence electrons.